The molecule has 1 aliphatic rings. The number of hydrogen-bond acceptors (Lipinski definition) is 2. The first kappa shape index (κ1) is 16.5. The number of para-hydroxylation sites is 1. The lowest BCUT2D eigenvalue weighted by Gasteiger charge is -2.32. The number of amides is 1. The fourth-order valence-corrected chi connectivity index (χ4v) is 3.05. The molecule has 1 atom stereocenters. The number of halogens is 1. The van der Waals surface area contributed by atoms with Gasteiger partial charge in [-0.2, -0.15) is 0 Å². The number of ether oxygens (including phenoxy) is 1. The molecule has 1 saturated heterocycles. The van der Waals surface area contributed by atoms with Gasteiger partial charge in [0, 0.05) is 19.0 Å². The molecule has 1 unspecified atom stereocenters. The van der Waals surface area contributed by atoms with Gasteiger partial charge in [-0.1, -0.05) is 30.3 Å². The highest BCUT2D eigenvalue weighted by Gasteiger charge is 2.24. The fourth-order valence-electron chi connectivity index (χ4n) is 3.05. The van der Waals surface area contributed by atoms with E-state index in [1.165, 1.54) is 12.1 Å². The van der Waals surface area contributed by atoms with E-state index < -0.39 is 0 Å². The minimum atomic E-state index is -0.276. The highest BCUT2D eigenvalue weighted by molar-refractivity contribution is 5.78. The lowest BCUT2D eigenvalue weighted by atomic mass is 9.98. The van der Waals surface area contributed by atoms with Gasteiger partial charge >= 0.3 is 0 Å². The molecule has 4 heteroatoms. The van der Waals surface area contributed by atoms with E-state index in [0.717, 1.165) is 37.2 Å². The van der Waals surface area contributed by atoms with Crippen molar-refractivity contribution in [2.75, 3.05) is 19.7 Å². The lowest BCUT2D eigenvalue weighted by molar-refractivity contribution is -0.132. The second-order valence-corrected chi connectivity index (χ2v) is 6.28. The third kappa shape index (κ3) is 4.57. The number of piperidine rings is 1. The molecule has 0 radical (unpaired) electrons. The van der Waals surface area contributed by atoms with Crippen molar-refractivity contribution in [3.05, 3.63) is 66.0 Å². The van der Waals surface area contributed by atoms with Gasteiger partial charge in [0.15, 0.2) is 0 Å². The van der Waals surface area contributed by atoms with E-state index in [0.29, 0.717) is 18.9 Å². The van der Waals surface area contributed by atoms with Gasteiger partial charge < -0.3 is 9.64 Å². The molecule has 1 fully saturated rings. The van der Waals surface area contributed by atoms with E-state index in [2.05, 4.69) is 0 Å². The third-order valence-corrected chi connectivity index (χ3v) is 4.37. The van der Waals surface area contributed by atoms with Crippen LogP contribution in [0.2, 0.25) is 0 Å². The summed E-state index contributed by atoms with van der Waals surface area (Å²) in [4.78, 5) is 14.4. The molecule has 3 nitrogen and oxygen atoms in total. The summed E-state index contributed by atoms with van der Waals surface area (Å²) in [6.07, 6.45) is 2.40. The summed E-state index contributed by atoms with van der Waals surface area (Å²) in [6, 6.07) is 15.9. The first-order chi connectivity index (χ1) is 11.7. The maximum absolute atomic E-state index is 12.9. The summed E-state index contributed by atoms with van der Waals surface area (Å²) in [5.74, 6) is 1.05. The van der Waals surface area contributed by atoms with E-state index in [4.69, 9.17) is 4.74 Å². The van der Waals surface area contributed by atoms with Crippen molar-refractivity contribution in [3.8, 4) is 5.75 Å². The first-order valence-corrected chi connectivity index (χ1v) is 8.41. The van der Waals surface area contributed by atoms with Crippen molar-refractivity contribution in [2.45, 2.75) is 19.3 Å². The average molecular weight is 327 g/mol. The van der Waals surface area contributed by atoms with E-state index in [9.17, 15) is 9.18 Å². The number of hydrogen-bond donors (Lipinski definition) is 0. The Hall–Kier alpha value is -2.36. The van der Waals surface area contributed by atoms with Gasteiger partial charge in [0.2, 0.25) is 5.91 Å². The van der Waals surface area contributed by atoms with Gasteiger partial charge in [-0.05, 0) is 42.7 Å². The van der Waals surface area contributed by atoms with Gasteiger partial charge in [-0.3, -0.25) is 4.79 Å². The Bertz CT molecular complexity index is 657. The number of carbonyl (C=O) groups excluding carboxylic acids is 1. The number of carbonyl (C=O) groups is 1. The smallest absolute Gasteiger partial charge is 0.227 e. The highest BCUT2D eigenvalue weighted by Crippen LogP contribution is 2.19. The van der Waals surface area contributed by atoms with E-state index in [-0.39, 0.29) is 11.7 Å². The van der Waals surface area contributed by atoms with Crippen molar-refractivity contribution in [1.82, 2.24) is 4.90 Å². The van der Waals surface area contributed by atoms with Crippen LogP contribution in [0.25, 0.3) is 0 Å². The predicted molar refractivity (Wildman–Crippen MR) is 91.3 cm³/mol. The Balaban J connectivity index is 1.51. The molecule has 2 aromatic rings. The number of nitrogens with zero attached hydrogens (tertiary/aromatic N) is 1. The molecular formula is C20H22FNO2. The highest BCUT2D eigenvalue weighted by atomic mass is 19.1. The maximum Gasteiger partial charge on any atom is 0.227 e. The number of rotatable bonds is 5. The largest absolute Gasteiger partial charge is 0.493 e. The van der Waals surface area contributed by atoms with Crippen LogP contribution in [-0.2, 0) is 11.2 Å². The van der Waals surface area contributed by atoms with Crippen LogP contribution in [0.3, 0.4) is 0 Å². The van der Waals surface area contributed by atoms with Crippen LogP contribution >= 0.6 is 0 Å². The summed E-state index contributed by atoms with van der Waals surface area (Å²) >= 11 is 0. The second kappa shape index (κ2) is 7.95. The summed E-state index contributed by atoms with van der Waals surface area (Å²) < 4.78 is 18.8. The van der Waals surface area contributed by atoms with Crippen LogP contribution in [0, 0.1) is 11.7 Å². The predicted octanol–water partition coefficient (Wildman–Crippen LogP) is 3.69. The molecule has 1 heterocycles. The zero-order chi connectivity index (χ0) is 16.8. The maximum atomic E-state index is 12.9. The Morgan fingerprint density at radius 1 is 1.12 bits per heavy atom. The molecule has 1 aliphatic heterocycles. The topological polar surface area (TPSA) is 29.5 Å². The van der Waals surface area contributed by atoms with Crippen molar-refractivity contribution < 1.29 is 13.9 Å². The second-order valence-electron chi connectivity index (χ2n) is 6.28. The quantitative estimate of drug-likeness (QED) is 0.838. The molecule has 2 aromatic carbocycles. The molecule has 0 spiro atoms. The average Bonchev–Trinajstić information content (AvgIpc) is 2.63. The minimum absolute atomic E-state index is 0.103. The van der Waals surface area contributed by atoms with Crippen molar-refractivity contribution in [1.29, 1.82) is 0 Å². The first-order valence-electron chi connectivity index (χ1n) is 8.41. The van der Waals surface area contributed by atoms with Crippen LogP contribution < -0.4 is 4.74 Å². The molecule has 0 saturated carbocycles. The SMILES string of the molecule is O=C(Cc1ccc(F)cc1)N1CCCC(COc2ccccc2)C1. The molecule has 0 aliphatic carbocycles. The van der Waals surface area contributed by atoms with Crippen molar-refractivity contribution in [2.24, 2.45) is 5.92 Å². The van der Waals surface area contributed by atoms with Crippen LogP contribution in [0.4, 0.5) is 4.39 Å². The van der Waals surface area contributed by atoms with Gasteiger partial charge in [0.05, 0.1) is 13.0 Å². The number of benzene rings is 2. The van der Waals surface area contributed by atoms with Gasteiger partial charge in [-0.15, -0.1) is 0 Å². The summed E-state index contributed by atoms with van der Waals surface area (Å²) in [6.45, 7) is 2.15. The van der Waals surface area contributed by atoms with E-state index in [1.54, 1.807) is 12.1 Å². The number of likely N-dealkylation sites (tertiary alicyclic amines) is 1. The van der Waals surface area contributed by atoms with Crippen LogP contribution in [-0.4, -0.2) is 30.5 Å². The fraction of sp³-hybridized carbons (Fsp3) is 0.350. The van der Waals surface area contributed by atoms with Gasteiger partial charge in [0.1, 0.15) is 11.6 Å². The Labute approximate surface area is 142 Å². The van der Waals surface area contributed by atoms with Crippen molar-refractivity contribution in [3.63, 3.8) is 0 Å². The zero-order valence-electron chi connectivity index (χ0n) is 13.7. The molecule has 126 valence electrons. The summed E-state index contributed by atoms with van der Waals surface area (Å²) in [5.41, 5.74) is 0.851. The minimum Gasteiger partial charge on any atom is -0.493 e. The standard InChI is InChI=1S/C20H22FNO2/c21-18-10-8-16(9-11-18)13-20(23)22-12-4-5-17(14-22)15-24-19-6-2-1-3-7-19/h1-3,6-11,17H,4-5,12-15H2. The lowest BCUT2D eigenvalue weighted by Crippen LogP contribution is -2.42. The van der Waals surface area contributed by atoms with Crippen molar-refractivity contribution >= 4 is 5.91 Å². The summed E-state index contributed by atoms with van der Waals surface area (Å²) in [7, 11) is 0. The molecule has 1 amide bonds. The van der Waals surface area contributed by atoms with E-state index >= 15 is 0 Å². The normalized spacial score (nSPS) is 17.5. The van der Waals surface area contributed by atoms with Crippen LogP contribution in [0.15, 0.2) is 54.6 Å². The van der Waals surface area contributed by atoms with E-state index in [1.807, 2.05) is 35.2 Å². The van der Waals surface area contributed by atoms with Gasteiger partial charge in [-0.25, -0.2) is 4.39 Å². The van der Waals surface area contributed by atoms with Crippen LogP contribution in [0.5, 0.6) is 5.75 Å². The summed E-state index contributed by atoms with van der Waals surface area (Å²) in [5, 5.41) is 0. The Morgan fingerprint density at radius 3 is 2.62 bits per heavy atom. The molecule has 24 heavy (non-hydrogen) atoms. The monoisotopic (exact) mass is 327 g/mol. The third-order valence-electron chi connectivity index (χ3n) is 4.37. The zero-order valence-corrected chi connectivity index (χ0v) is 13.7. The molecule has 0 bridgehead atoms. The molecular weight excluding hydrogens is 305 g/mol. The molecule has 0 N–H and O–H groups in total. The van der Waals surface area contributed by atoms with Crippen LogP contribution in [0.1, 0.15) is 18.4 Å². The molecule has 0 aromatic heterocycles. The molecule has 3 rings (SSSR count). The van der Waals surface area contributed by atoms with Gasteiger partial charge in [0.25, 0.3) is 0 Å². The Kier molecular flexibility index (Phi) is 5.47. The Morgan fingerprint density at radius 2 is 1.88 bits per heavy atom.